The van der Waals surface area contributed by atoms with E-state index in [1.54, 1.807) is 25.5 Å². The fraction of sp³-hybridized carbons (Fsp3) is 0.308. The molecule has 0 saturated heterocycles. The maximum absolute atomic E-state index is 12.4. The fourth-order valence-electron chi connectivity index (χ4n) is 3.76. The smallest absolute Gasteiger partial charge is 0.270 e. The van der Waals surface area contributed by atoms with Gasteiger partial charge >= 0.3 is 0 Å². The van der Waals surface area contributed by atoms with Crippen molar-refractivity contribution in [3.8, 4) is 23.1 Å². The van der Waals surface area contributed by atoms with Crippen LogP contribution in [0.15, 0.2) is 58.4 Å². The number of hydrogen-bond acceptors (Lipinski definition) is 7. The van der Waals surface area contributed by atoms with Crippen LogP contribution < -0.4 is 15.7 Å². The van der Waals surface area contributed by atoms with Gasteiger partial charge in [0.2, 0.25) is 5.95 Å². The zero-order chi connectivity index (χ0) is 24.7. The largest absolute Gasteiger partial charge is 0.496 e. The van der Waals surface area contributed by atoms with Gasteiger partial charge in [-0.1, -0.05) is 30.3 Å². The molecule has 0 aliphatic heterocycles. The van der Waals surface area contributed by atoms with Gasteiger partial charge in [0.1, 0.15) is 17.4 Å². The van der Waals surface area contributed by atoms with Gasteiger partial charge in [0.05, 0.1) is 19.0 Å². The van der Waals surface area contributed by atoms with Crippen LogP contribution in [0.1, 0.15) is 44.4 Å². The first kappa shape index (κ1) is 24.7. The van der Waals surface area contributed by atoms with Gasteiger partial charge in [-0.25, -0.2) is 10.4 Å². The molecule has 34 heavy (non-hydrogen) atoms. The number of hydrazone groups is 1. The number of benzene rings is 2. The molecule has 0 atom stereocenters. The first-order valence-electron chi connectivity index (χ1n) is 11.2. The first-order valence-corrected chi connectivity index (χ1v) is 11.2. The van der Waals surface area contributed by atoms with Gasteiger partial charge in [-0.05, 0) is 51.5 Å². The van der Waals surface area contributed by atoms with Gasteiger partial charge in [0, 0.05) is 29.8 Å². The Morgan fingerprint density at radius 3 is 2.50 bits per heavy atom. The van der Waals surface area contributed by atoms with Crippen LogP contribution in [0.2, 0.25) is 0 Å². The molecular weight excluding hydrogens is 428 g/mol. The highest BCUT2D eigenvalue weighted by Gasteiger charge is 2.16. The van der Waals surface area contributed by atoms with Crippen LogP contribution in [0.25, 0.3) is 11.3 Å². The Labute approximate surface area is 199 Å². The number of aromatic nitrogens is 2. The lowest BCUT2D eigenvalue weighted by Crippen LogP contribution is -2.36. The second-order valence-corrected chi connectivity index (χ2v) is 8.42. The van der Waals surface area contributed by atoms with E-state index >= 15 is 0 Å². The number of methoxy groups -OCH3 is 1. The molecule has 2 aromatic carbocycles. The van der Waals surface area contributed by atoms with E-state index in [0.29, 0.717) is 23.3 Å². The maximum atomic E-state index is 12.4. The third-order valence-electron chi connectivity index (χ3n) is 5.45. The number of anilines is 1. The van der Waals surface area contributed by atoms with Crippen molar-refractivity contribution in [3.63, 3.8) is 0 Å². The number of hydrogen-bond donors (Lipinski definition) is 2. The Bertz CT molecular complexity index is 1230. The van der Waals surface area contributed by atoms with Gasteiger partial charge < -0.3 is 4.74 Å². The summed E-state index contributed by atoms with van der Waals surface area (Å²) >= 11 is 0. The lowest BCUT2D eigenvalue weighted by atomic mass is 10.1. The Balaban J connectivity index is 1.85. The number of nitriles is 1. The zero-order valence-corrected chi connectivity index (χ0v) is 20.2. The minimum Gasteiger partial charge on any atom is -0.496 e. The molecule has 0 unspecified atom stereocenters. The van der Waals surface area contributed by atoms with Gasteiger partial charge in [0.15, 0.2) is 0 Å². The van der Waals surface area contributed by atoms with Crippen LogP contribution >= 0.6 is 0 Å². The van der Waals surface area contributed by atoms with Crippen LogP contribution in [0.5, 0.6) is 5.75 Å². The van der Waals surface area contributed by atoms with E-state index in [0.717, 1.165) is 23.4 Å². The van der Waals surface area contributed by atoms with E-state index in [9.17, 15) is 10.1 Å². The Hall–Kier alpha value is -3.96. The predicted molar refractivity (Wildman–Crippen MR) is 135 cm³/mol. The second-order valence-electron chi connectivity index (χ2n) is 8.42. The molecule has 0 aliphatic rings. The molecule has 3 rings (SSSR count). The molecule has 8 heteroatoms. The lowest BCUT2D eigenvalue weighted by molar-refractivity contribution is 0.164. The van der Waals surface area contributed by atoms with Gasteiger partial charge in [-0.15, -0.1) is 0 Å². The van der Waals surface area contributed by atoms with Crippen molar-refractivity contribution in [1.82, 2.24) is 14.9 Å². The number of ether oxygens (including phenoxy) is 1. The van der Waals surface area contributed by atoms with Crippen molar-refractivity contribution in [1.29, 1.82) is 5.26 Å². The highest BCUT2D eigenvalue weighted by Crippen LogP contribution is 2.23. The topological polar surface area (TPSA) is 106 Å². The summed E-state index contributed by atoms with van der Waals surface area (Å²) in [4.78, 5) is 21.7. The minimum absolute atomic E-state index is 0.0413. The van der Waals surface area contributed by atoms with Crippen molar-refractivity contribution >= 4 is 12.2 Å². The van der Waals surface area contributed by atoms with Gasteiger partial charge in [-0.3, -0.25) is 14.7 Å². The summed E-state index contributed by atoms with van der Waals surface area (Å²) in [6.45, 7) is 9.46. The summed E-state index contributed by atoms with van der Waals surface area (Å²) in [5.74, 6) is 0.973. The zero-order valence-electron chi connectivity index (χ0n) is 20.2. The number of H-pyrrole nitrogens is 1. The predicted octanol–water partition coefficient (Wildman–Crippen LogP) is 4.38. The van der Waals surface area contributed by atoms with E-state index in [2.05, 4.69) is 53.1 Å². The standard InChI is InChI=1S/C26H30N6O2/c1-17(2)32(18(3)4)16-21-13-19(11-12-23(21)34-5)15-28-31-26-29-24(20-9-7-6-8-10-20)22(14-27)25(33)30-26/h6-13,15,17-18H,16H2,1-5H3,(H2,29,30,31,33). The summed E-state index contributed by atoms with van der Waals surface area (Å²) in [5.41, 5.74) is 5.12. The van der Waals surface area contributed by atoms with E-state index in [1.807, 2.05) is 42.5 Å². The van der Waals surface area contributed by atoms with Gasteiger partial charge in [0.25, 0.3) is 5.56 Å². The molecule has 0 amide bonds. The van der Waals surface area contributed by atoms with Crippen LogP contribution in [0.4, 0.5) is 5.95 Å². The minimum atomic E-state index is -0.525. The van der Waals surface area contributed by atoms with E-state index in [4.69, 9.17) is 4.74 Å². The molecule has 176 valence electrons. The molecule has 1 heterocycles. The summed E-state index contributed by atoms with van der Waals surface area (Å²) in [5, 5.41) is 13.6. The normalized spacial score (nSPS) is 11.4. The molecule has 0 radical (unpaired) electrons. The number of aromatic amines is 1. The van der Waals surface area contributed by atoms with Crippen molar-refractivity contribution < 1.29 is 4.74 Å². The molecule has 3 aromatic rings. The Kier molecular flexibility index (Phi) is 8.17. The quantitative estimate of drug-likeness (QED) is 0.364. The third-order valence-corrected chi connectivity index (χ3v) is 5.45. The fourth-order valence-corrected chi connectivity index (χ4v) is 3.76. The number of nitrogens with zero attached hydrogens (tertiary/aromatic N) is 4. The van der Waals surface area contributed by atoms with Crippen LogP contribution in [0, 0.1) is 11.3 Å². The van der Waals surface area contributed by atoms with Gasteiger partial charge in [-0.2, -0.15) is 10.4 Å². The average molecular weight is 459 g/mol. The Morgan fingerprint density at radius 2 is 1.88 bits per heavy atom. The third kappa shape index (κ3) is 5.88. The molecule has 8 nitrogen and oxygen atoms in total. The summed E-state index contributed by atoms with van der Waals surface area (Å²) in [6.07, 6.45) is 1.65. The molecule has 1 aromatic heterocycles. The molecule has 0 aliphatic carbocycles. The van der Waals surface area contributed by atoms with Crippen molar-refractivity contribution in [2.45, 2.75) is 46.3 Å². The average Bonchev–Trinajstić information content (AvgIpc) is 2.82. The lowest BCUT2D eigenvalue weighted by Gasteiger charge is -2.31. The van der Waals surface area contributed by atoms with Crippen LogP contribution in [-0.4, -0.2) is 40.3 Å². The Morgan fingerprint density at radius 1 is 1.18 bits per heavy atom. The van der Waals surface area contributed by atoms with Crippen molar-refractivity contribution in [2.75, 3.05) is 12.5 Å². The highest BCUT2D eigenvalue weighted by molar-refractivity contribution is 5.81. The number of rotatable bonds is 9. The van der Waals surface area contributed by atoms with Crippen molar-refractivity contribution in [2.24, 2.45) is 5.10 Å². The molecule has 2 N–H and O–H groups in total. The molecule has 0 spiro atoms. The van der Waals surface area contributed by atoms with Crippen LogP contribution in [-0.2, 0) is 6.54 Å². The molecular formula is C26H30N6O2. The summed E-state index contributed by atoms with van der Waals surface area (Å²) in [7, 11) is 1.67. The molecule has 0 bridgehead atoms. The van der Waals surface area contributed by atoms with E-state index < -0.39 is 5.56 Å². The SMILES string of the molecule is COc1ccc(C=NNc2nc(-c3ccccc3)c(C#N)c(=O)[nH]2)cc1CN(C(C)C)C(C)C. The highest BCUT2D eigenvalue weighted by atomic mass is 16.5. The molecule has 0 fully saturated rings. The summed E-state index contributed by atoms with van der Waals surface area (Å²) < 4.78 is 5.56. The van der Waals surface area contributed by atoms with E-state index in [1.165, 1.54) is 0 Å². The monoisotopic (exact) mass is 458 g/mol. The maximum Gasteiger partial charge on any atom is 0.270 e. The van der Waals surface area contributed by atoms with Crippen molar-refractivity contribution in [3.05, 3.63) is 75.6 Å². The second kappa shape index (κ2) is 11.3. The van der Waals surface area contributed by atoms with Crippen LogP contribution in [0.3, 0.4) is 0 Å². The number of nitrogens with one attached hydrogen (secondary N) is 2. The molecule has 0 saturated carbocycles. The summed E-state index contributed by atoms with van der Waals surface area (Å²) in [6, 6.07) is 17.7. The first-order chi connectivity index (χ1) is 16.3. The van der Waals surface area contributed by atoms with E-state index in [-0.39, 0.29) is 11.5 Å².